The van der Waals surface area contributed by atoms with Gasteiger partial charge in [0.1, 0.15) is 11.5 Å². The summed E-state index contributed by atoms with van der Waals surface area (Å²) in [6, 6.07) is 8.27. The van der Waals surface area contributed by atoms with Crippen LogP contribution in [-0.2, 0) is 4.74 Å². The third-order valence-corrected chi connectivity index (χ3v) is 6.36. The second kappa shape index (κ2) is 16.8. The Bertz CT molecular complexity index is 911. The van der Waals surface area contributed by atoms with Crippen LogP contribution in [-0.4, -0.2) is 30.8 Å². The molecular weight excluding hydrogens is 442 g/mol. The number of carbonyl (C=O) groups excluding carboxylic acids is 2. The van der Waals surface area contributed by atoms with E-state index in [0.717, 1.165) is 19.3 Å². The molecule has 2 aromatic carbocycles. The van der Waals surface area contributed by atoms with E-state index >= 15 is 0 Å². The number of fused-ring (bicyclic) bond motifs is 1. The average molecular weight is 486 g/mol. The van der Waals surface area contributed by atoms with Crippen molar-refractivity contribution in [1.29, 1.82) is 0 Å². The molecule has 0 fully saturated rings. The molecule has 35 heavy (non-hydrogen) atoms. The molecule has 6 heteroatoms. The van der Waals surface area contributed by atoms with Crippen molar-refractivity contribution < 1.29 is 24.2 Å². The fourth-order valence-corrected chi connectivity index (χ4v) is 4.29. The van der Waals surface area contributed by atoms with Gasteiger partial charge in [0, 0.05) is 17.8 Å². The van der Waals surface area contributed by atoms with Crippen LogP contribution in [0.2, 0.25) is 0 Å². The lowest BCUT2D eigenvalue weighted by Gasteiger charge is -2.12. The molecule has 0 heterocycles. The van der Waals surface area contributed by atoms with Gasteiger partial charge in [-0.15, -0.1) is 0 Å². The summed E-state index contributed by atoms with van der Waals surface area (Å²) < 4.78 is 10.6. The number of hydrogen-bond acceptors (Lipinski definition) is 5. The first kappa shape index (κ1) is 28.5. The summed E-state index contributed by atoms with van der Waals surface area (Å²) in [4.78, 5) is 24.3. The molecule has 194 valence electrons. The Morgan fingerprint density at radius 3 is 1.86 bits per heavy atom. The molecule has 2 aromatic rings. The van der Waals surface area contributed by atoms with E-state index in [1.54, 1.807) is 24.3 Å². The lowest BCUT2D eigenvalue weighted by molar-refractivity contribution is 0.0945. The molecule has 2 rings (SSSR count). The van der Waals surface area contributed by atoms with Gasteiger partial charge in [-0.25, -0.2) is 4.79 Å². The van der Waals surface area contributed by atoms with Crippen molar-refractivity contribution in [3.05, 3.63) is 35.9 Å². The Balaban J connectivity index is 1.61. The maximum atomic E-state index is 12.2. The number of aromatic hydroxyl groups is 1. The number of carbonyl (C=O) groups is 2. The molecular formula is C29H43NO5. The predicted octanol–water partition coefficient (Wildman–Crippen LogP) is 7.90. The van der Waals surface area contributed by atoms with Crippen molar-refractivity contribution in [3.63, 3.8) is 0 Å². The van der Waals surface area contributed by atoms with Crippen LogP contribution in [0, 0.1) is 0 Å². The normalized spacial score (nSPS) is 10.9. The van der Waals surface area contributed by atoms with Crippen LogP contribution in [0.3, 0.4) is 0 Å². The largest absolute Gasteiger partial charge is 0.513 e. The molecule has 0 bridgehead atoms. The second-order valence-corrected chi connectivity index (χ2v) is 9.19. The smallest absolute Gasteiger partial charge is 0.506 e. The molecule has 0 aliphatic heterocycles. The Morgan fingerprint density at radius 1 is 0.800 bits per heavy atom. The number of nitrogens with one attached hydrogen (secondary N) is 1. The molecule has 0 atom stereocenters. The molecule has 0 radical (unpaired) electrons. The van der Waals surface area contributed by atoms with Gasteiger partial charge in [-0.2, -0.15) is 0 Å². The molecule has 0 aliphatic rings. The standard InChI is InChI=1S/C29H43NO5/c1-3-4-5-6-7-8-9-10-11-12-13-14-15-18-21-34-29(33)35-26-22-25(28(32)30-2)27(31)24-20-17-16-19-23(24)26/h16-17,19-20,22,31H,3-15,18,21H2,1-2H3,(H,30,32). The van der Waals surface area contributed by atoms with Crippen LogP contribution in [0.5, 0.6) is 11.5 Å². The fraction of sp³-hybridized carbons (Fsp3) is 0.586. The van der Waals surface area contributed by atoms with Gasteiger partial charge in [-0.3, -0.25) is 4.79 Å². The highest BCUT2D eigenvalue weighted by Crippen LogP contribution is 2.36. The molecule has 0 spiro atoms. The van der Waals surface area contributed by atoms with E-state index < -0.39 is 12.1 Å². The van der Waals surface area contributed by atoms with Gasteiger partial charge >= 0.3 is 6.16 Å². The van der Waals surface area contributed by atoms with E-state index in [0.29, 0.717) is 17.4 Å². The maximum Gasteiger partial charge on any atom is 0.513 e. The van der Waals surface area contributed by atoms with Crippen molar-refractivity contribution in [2.45, 2.75) is 96.8 Å². The van der Waals surface area contributed by atoms with Gasteiger partial charge in [0.25, 0.3) is 5.91 Å². The predicted molar refractivity (Wildman–Crippen MR) is 141 cm³/mol. The first-order valence-electron chi connectivity index (χ1n) is 13.4. The van der Waals surface area contributed by atoms with Crippen LogP contribution >= 0.6 is 0 Å². The number of phenols is 1. The zero-order valence-electron chi connectivity index (χ0n) is 21.6. The van der Waals surface area contributed by atoms with Crippen LogP contribution in [0.1, 0.15) is 107 Å². The van der Waals surface area contributed by atoms with Crippen LogP contribution in [0.4, 0.5) is 4.79 Å². The molecule has 6 nitrogen and oxygen atoms in total. The average Bonchev–Trinajstić information content (AvgIpc) is 2.87. The highest BCUT2D eigenvalue weighted by molar-refractivity contribution is 6.06. The lowest BCUT2D eigenvalue weighted by Crippen LogP contribution is -2.18. The lowest BCUT2D eigenvalue weighted by atomic mass is 10.0. The first-order valence-corrected chi connectivity index (χ1v) is 13.4. The number of hydrogen-bond donors (Lipinski definition) is 2. The Morgan fingerprint density at radius 2 is 1.31 bits per heavy atom. The third kappa shape index (κ3) is 10.2. The minimum absolute atomic E-state index is 0.0426. The van der Waals surface area contributed by atoms with Crippen LogP contribution in [0.15, 0.2) is 30.3 Å². The van der Waals surface area contributed by atoms with Crippen molar-refractivity contribution in [2.24, 2.45) is 0 Å². The number of phenolic OH excluding ortho intramolecular Hbond substituents is 1. The van der Waals surface area contributed by atoms with E-state index in [1.807, 2.05) is 0 Å². The van der Waals surface area contributed by atoms with Crippen molar-refractivity contribution >= 4 is 22.8 Å². The SMILES string of the molecule is CCCCCCCCCCCCCCCCOC(=O)Oc1cc(C(=O)NC)c(O)c2ccccc12. The van der Waals surface area contributed by atoms with E-state index in [1.165, 1.54) is 83.7 Å². The van der Waals surface area contributed by atoms with E-state index in [2.05, 4.69) is 12.2 Å². The van der Waals surface area contributed by atoms with E-state index in [-0.39, 0.29) is 17.1 Å². The fourth-order valence-electron chi connectivity index (χ4n) is 4.29. The molecule has 0 aromatic heterocycles. The topological polar surface area (TPSA) is 84.9 Å². The summed E-state index contributed by atoms with van der Waals surface area (Å²) >= 11 is 0. The molecule has 2 N–H and O–H groups in total. The zero-order chi connectivity index (χ0) is 25.3. The molecule has 0 unspecified atom stereocenters. The summed E-state index contributed by atoms with van der Waals surface area (Å²) in [5, 5.41) is 13.9. The van der Waals surface area contributed by atoms with Crippen molar-refractivity contribution in [3.8, 4) is 11.5 Å². The van der Waals surface area contributed by atoms with Crippen LogP contribution in [0.25, 0.3) is 10.8 Å². The highest BCUT2D eigenvalue weighted by atomic mass is 16.7. The van der Waals surface area contributed by atoms with Gasteiger partial charge in [0.2, 0.25) is 0 Å². The Labute approximate surface area is 210 Å². The number of rotatable bonds is 17. The second-order valence-electron chi connectivity index (χ2n) is 9.19. The quantitative estimate of drug-likeness (QED) is 0.135. The maximum absolute atomic E-state index is 12.2. The molecule has 1 amide bonds. The summed E-state index contributed by atoms with van der Waals surface area (Å²) in [5.74, 6) is -0.431. The molecule has 0 saturated carbocycles. The van der Waals surface area contributed by atoms with Gasteiger partial charge in [0.05, 0.1) is 12.2 Å². The van der Waals surface area contributed by atoms with Crippen molar-refractivity contribution in [2.75, 3.05) is 13.7 Å². The number of unbranched alkanes of at least 4 members (excludes halogenated alkanes) is 13. The van der Waals surface area contributed by atoms with Gasteiger partial charge in [0.15, 0.2) is 0 Å². The van der Waals surface area contributed by atoms with Crippen LogP contribution < -0.4 is 10.1 Å². The number of ether oxygens (including phenoxy) is 2. The van der Waals surface area contributed by atoms with Gasteiger partial charge in [-0.1, -0.05) is 115 Å². The summed E-state index contributed by atoms with van der Waals surface area (Å²) in [6.45, 7) is 2.56. The monoisotopic (exact) mass is 485 g/mol. The highest BCUT2D eigenvalue weighted by Gasteiger charge is 2.19. The first-order chi connectivity index (χ1) is 17.1. The van der Waals surface area contributed by atoms with E-state index in [9.17, 15) is 14.7 Å². The van der Waals surface area contributed by atoms with E-state index in [4.69, 9.17) is 9.47 Å². The van der Waals surface area contributed by atoms with Crippen molar-refractivity contribution in [1.82, 2.24) is 5.32 Å². The molecule has 0 aliphatic carbocycles. The molecule has 0 saturated heterocycles. The van der Waals surface area contributed by atoms with Gasteiger partial charge < -0.3 is 19.9 Å². The third-order valence-electron chi connectivity index (χ3n) is 6.36. The summed E-state index contributed by atoms with van der Waals surface area (Å²) in [5.41, 5.74) is 0.0426. The minimum Gasteiger partial charge on any atom is -0.506 e. The zero-order valence-corrected chi connectivity index (χ0v) is 21.6. The number of amides is 1. The Kier molecular flexibility index (Phi) is 13.7. The minimum atomic E-state index is -0.807. The van der Waals surface area contributed by atoms with Gasteiger partial charge in [-0.05, 0) is 12.5 Å². The summed E-state index contributed by atoms with van der Waals surface area (Å²) in [7, 11) is 1.47. The summed E-state index contributed by atoms with van der Waals surface area (Å²) in [6.07, 6.45) is 16.9. The number of benzene rings is 2. The Hall–Kier alpha value is -2.76.